The lowest BCUT2D eigenvalue weighted by Crippen LogP contribution is -2.14. The van der Waals surface area contributed by atoms with E-state index in [9.17, 15) is 14.3 Å². The standard InChI is InChI=1S/C12H11O2P.C7H6O2.C4H10O2/c13-15(14,11-7-3-1-4-8-11)12-9-5-2-6-10-12;8-7(9)6-4-2-1-3-5-6;1-2-4(6)3-5/h1-10H,(H,13,14);1-5H,(H,8,9);4-6H,2-3H2,1H3. The summed E-state index contributed by atoms with van der Waals surface area (Å²) in [6, 6.07) is 25.7. The van der Waals surface area contributed by atoms with Gasteiger partial charge in [-0.2, -0.15) is 0 Å². The molecule has 3 rings (SSSR count). The number of hydrogen-bond donors (Lipinski definition) is 4. The summed E-state index contributed by atoms with van der Waals surface area (Å²) in [4.78, 5) is 20.2. The zero-order chi connectivity index (χ0) is 22.4. The summed E-state index contributed by atoms with van der Waals surface area (Å²) in [7, 11) is -3.40. The first-order chi connectivity index (χ1) is 14.3. The van der Waals surface area contributed by atoms with Gasteiger partial charge in [0.2, 0.25) is 0 Å². The molecular formula is C23H27O6P. The van der Waals surface area contributed by atoms with Gasteiger partial charge in [-0.3, -0.25) is 4.57 Å². The molecule has 160 valence electrons. The third kappa shape index (κ3) is 8.72. The van der Waals surface area contributed by atoms with Crippen molar-refractivity contribution < 1.29 is 29.6 Å². The third-order valence-electron chi connectivity index (χ3n) is 3.92. The number of aliphatic hydroxyl groups excluding tert-OH is 2. The highest BCUT2D eigenvalue weighted by atomic mass is 31.2. The van der Waals surface area contributed by atoms with E-state index in [-0.39, 0.29) is 6.61 Å². The predicted molar refractivity (Wildman–Crippen MR) is 119 cm³/mol. The van der Waals surface area contributed by atoms with Crippen LogP contribution in [0.15, 0.2) is 91.0 Å². The molecule has 3 aromatic carbocycles. The van der Waals surface area contributed by atoms with Gasteiger partial charge in [0.1, 0.15) is 0 Å². The Kier molecular flexibility index (Phi) is 11.3. The van der Waals surface area contributed by atoms with Crippen molar-refractivity contribution >= 4 is 23.9 Å². The second-order valence-electron chi connectivity index (χ2n) is 6.16. The van der Waals surface area contributed by atoms with Crippen LogP contribution in [-0.2, 0) is 4.57 Å². The smallest absolute Gasteiger partial charge is 0.335 e. The van der Waals surface area contributed by atoms with Crippen LogP contribution in [0.5, 0.6) is 0 Å². The third-order valence-corrected chi connectivity index (χ3v) is 5.91. The summed E-state index contributed by atoms with van der Waals surface area (Å²) in [5.41, 5.74) is 0.331. The lowest BCUT2D eigenvalue weighted by molar-refractivity contribution is 0.0697. The maximum atomic E-state index is 12.2. The number of aliphatic hydroxyl groups is 2. The summed E-state index contributed by atoms with van der Waals surface area (Å²) in [5.74, 6) is -0.879. The Morgan fingerprint density at radius 2 is 1.20 bits per heavy atom. The van der Waals surface area contributed by atoms with Crippen molar-refractivity contribution in [2.45, 2.75) is 19.4 Å². The Balaban J connectivity index is 0.000000256. The molecule has 0 radical (unpaired) electrons. The van der Waals surface area contributed by atoms with Gasteiger partial charge >= 0.3 is 5.97 Å². The Bertz CT molecular complexity index is 853. The summed E-state index contributed by atoms with van der Waals surface area (Å²) < 4.78 is 12.2. The highest BCUT2D eigenvalue weighted by molar-refractivity contribution is 7.73. The van der Waals surface area contributed by atoms with Crippen molar-refractivity contribution in [1.29, 1.82) is 0 Å². The van der Waals surface area contributed by atoms with E-state index in [1.54, 1.807) is 78.9 Å². The summed E-state index contributed by atoms with van der Waals surface area (Å²) in [5, 5.41) is 25.8. The zero-order valence-corrected chi connectivity index (χ0v) is 17.6. The van der Waals surface area contributed by atoms with E-state index in [0.717, 1.165) is 0 Å². The van der Waals surface area contributed by atoms with Crippen molar-refractivity contribution in [2.24, 2.45) is 0 Å². The molecule has 0 aliphatic heterocycles. The minimum atomic E-state index is -3.40. The van der Waals surface area contributed by atoms with E-state index in [1.807, 2.05) is 19.1 Å². The SMILES string of the molecule is CCC(O)CO.O=C(O)c1ccccc1.O=P(O)(c1ccccc1)c1ccccc1. The molecule has 0 aliphatic carbocycles. The normalized spacial score (nSPS) is 11.2. The Hall–Kier alpha value is -2.76. The molecule has 0 aromatic heterocycles. The van der Waals surface area contributed by atoms with E-state index in [0.29, 0.717) is 22.6 Å². The Morgan fingerprint density at radius 3 is 1.43 bits per heavy atom. The first kappa shape index (κ1) is 25.3. The van der Waals surface area contributed by atoms with Crippen molar-refractivity contribution in [3.8, 4) is 0 Å². The van der Waals surface area contributed by atoms with Crippen LogP contribution in [0.2, 0.25) is 0 Å². The Labute approximate surface area is 176 Å². The number of carboxylic acids is 1. The lowest BCUT2D eigenvalue weighted by Gasteiger charge is -2.11. The minimum Gasteiger partial charge on any atom is -0.478 e. The molecule has 0 bridgehead atoms. The van der Waals surface area contributed by atoms with Crippen LogP contribution in [0, 0.1) is 0 Å². The molecule has 0 spiro atoms. The Morgan fingerprint density at radius 1 is 0.833 bits per heavy atom. The fourth-order valence-corrected chi connectivity index (χ4v) is 3.57. The highest BCUT2D eigenvalue weighted by Gasteiger charge is 2.22. The van der Waals surface area contributed by atoms with Crippen LogP contribution in [0.1, 0.15) is 23.7 Å². The molecule has 1 unspecified atom stereocenters. The molecule has 6 nitrogen and oxygen atoms in total. The van der Waals surface area contributed by atoms with Gasteiger partial charge in [0.15, 0.2) is 0 Å². The van der Waals surface area contributed by atoms with Gasteiger partial charge in [0.05, 0.1) is 18.3 Å². The molecule has 0 aliphatic rings. The van der Waals surface area contributed by atoms with Crippen molar-refractivity contribution in [3.05, 3.63) is 96.6 Å². The number of carbonyl (C=O) groups is 1. The van der Waals surface area contributed by atoms with Gasteiger partial charge in [-0.15, -0.1) is 0 Å². The molecule has 1 atom stereocenters. The lowest BCUT2D eigenvalue weighted by atomic mass is 10.2. The van der Waals surface area contributed by atoms with Crippen molar-refractivity contribution in [1.82, 2.24) is 0 Å². The minimum absolute atomic E-state index is 0.115. The quantitative estimate of drug-likeness (QED) is 0.463. The summed E-state index contributed by atoms with van der Waals surface area (Å²) in [6.45, 7) is 1.71. The van der Waals surface area contributed by atoms with Crippen LogP contribution >= 0.6 is 7.37 Å². The fourth-order valence-electron chi connectivity index (χ4n) is 2.12. The molecule has 0 amide bonds. The summed E-state index contributed by atoms with van der Waals surface area (Å²) in [6.07, 6.45) is 0.126. The molecule has 0 saturated carbocycles. The number of aromatic carboxylic acids is 1. The number of rotatable bonds is 5. The van der Waals surface area contributed by atoms with Crippen molar-refractivity contribution in [3.63, 3.8) is 0 Å². The second-order valence-corrected chi connectivity index (χ2v) is 8.35. The first-order valence-electron chi connectivity index (χ1n) is 9.34. The van der Waals surface area contributed by atoms with Crippen LogP contribution in [-0.4, -0.2) is 38.9 Å². The van der Waals surface area contributed by atoms with Crippen LogP contribution in [0.4, 0.5) is 0 Å². The monoisotopic (exact) mass is 430 g/mol. The average Bonchev–Trinajstić information content (AvgIpc) is 2.81. The largest absolute Gasteiger partial charge is 0.478 e. The van der Waals surface area contributed by atoms with E-state index < -0.39 is 19.4 Å². The van der Waals surface area contributed by atoms with E-state index >= 15 is 0 Å². The second kappa shape index (κ2) is 13.5. The number of hydrogen-bond acceptors (Lipinski definition) is 4. The molecule has 4 N–H and O–H groups in total. The zero-order valence-electron chi connectivity index (χ0n) is 16.7. The van der Waals surface area contributed by atoms with Gasteiger partial charge in [-0.1, -0.05) is 61.5 Å². The average molecular weight is 430 g/mol. The topological polar surface area (TPSA) is 115 Å². The molecular weight excluding hydrogens is 403 g/mol. The van der Waals surface area contributed by atoms with E-state index in [2.05, 4.69) is 0 Å². The highest BCUT2D eigenvalue weighted by Crippen LogP contribution is 2.37. The van der Waals surface area contributed by atoms with Gasteiger partial charge in [-0.05, 0) is 42.8 Å². The van der Waals surface area contributed by atoms with Crippen LogP contribution in [0.3, 0.4) is 0 Å². The van der Waals surface area contributed by atoms with E-state index in [4.69, 9.17) is 15.3 Å². The van der Waals surface area contributed by atoms with Gasteiger partial charge < -0.3 is 20.2 Å². The maximum Gasteiger partial charge on any atom is 0.335 e. The molecule has 30 heavy (non-hydrogen) atoms. The van der Waals surface area contributed by atoms with Gasteiger partial charge in [0, 0.05) is 10.6 Å². The summed E-state index contributed by atoms with van der Waals surface area (Å²) >= 11 is 0. The van der Waals surface area contributed by atoms with E-state index in [1.165, 1.54) is 0 Å². The molecule has 0 fully saturated rings. The number of benzene rings is 3. The van der Waals surface area contributed by atoms with Crippen LogP contribution < -0.4 is 10.6 Å². The van der Waals surface area contributed by atoms with Gasteiger partial charge in [-0.25, -0.2) is 4.79 Å². The molecule has 3 aromatic rings. The molecule has 7 heteroatoms. The first-order valence-corrected chi connectivity index (χ1v) is 11.0. The fraction of sp³-hybridized carbons (Fsp3) is 0.174. The van der Waals surface area contributed by atoms with Crippen molar-refractivity contribution in [2.75, 3.05) is 6.61 Å². The maximum absolute atomic E-state index is 12.2. The molecule has 0 saturated heterocycles. The molecule has 0 heterocycles. The predicted octanol–water partition coefficient (Wildman–Crippen LogP) is 3.04. The van der Waals surface area contributed by atoms with Gasteiger partial charge in [0.25, 0.3) is 7.37 Å². The van der Waals surface area contributed by atoms with Crippen LogP contribution in [0.25, 0.3) is 0 Å². The number of carboxylic acid groups (broad SMARTS) is 1.